The van der Waals surface area contributed by atoms with Crippen molar-refractivity contribution in [2.45, 2.75) is 13.0 Å². The zero-order valence-corrected chi connectivity index (χ0v) is 16.5. The van der Waals surface area contributed by atoms with Crippen molar-refractivity contribution in [2.75, 3.05) is 17.2 Å². The zero-order valence-electron chi connectivity index (χ0n) is 15.8. The number of anilines is 2. The summed E-state index contributed by atoms with van der Waals surface area (Å²) in [5.74, 6) is -0.951. The van der Waals surface area contributed by atoms with Gasteiger partial charge in [0.05, 0.1) is 18.2 Å². The summed E-state index contributed by atoms with van der Waals surface area (Å²) in [4.78, 5) is 22.3. The maximum atomic E-state index is 15.0. The fraction of sp³-hybridized carbons (Fsp3) is 0.143. The van der Waals surface area contributed by atoms with Gasteiger partial charge in [-0.15, -0.1) is 0 Å². The second-order valence-electron chi connectivity index (χ2n) is 6.75. The van der Waals surface area contributed by atoms with Gasteiger partial charge in [-0.3, -0.25) is 4.79 Å². The number of rotatable bonds is 2. The molecule has 1 aliphatic heterocycles. The van der Waals surface area contributed by atoms with Gasteiger partial charge in [-0.2, -0.15) is 5.26 Å². The van der Waals surface area contributed by atoms with Crippen molar-refractivity contribution in [3.63, 3.8) is 0 Å². The van der Waals surface area contributed by atoms with E-state index in [1.54, 1.807) is 25.1 Å². The minimum absolute atomic E-state index is 0.00874. The topological polar surface area (TPSA) is 105 Å². The lowest BCUT2D eigenvalue weighted by Crippen LogP contribution is -2.36. The summed E-state index contributed by atoms with van der Waals surface area (Å²) in [7, 11) is 0. The molecule has 1 unspecified atom stereocenters. The molecule has 30 heavy (non-hydrogen) atoms. The maximum Gasteiger partial charge on any atom is 0.267 e. The number of hydrogen-bond acceptors (Lipinski definition) is 6. The number of nitrogen functional groups attached to an aromatic ring is 1. The Morgan fingerprint density at radius 1 is 1.27 bits per heavy atom. The number of amides is 1. The van der Waals surface area contributed by atoms with Crippen LogP contribution in [-0.2, 0) is 0 Å². The van der Waals surface area contributed by atoms with E-state index >= 15 is 4.39 Å². The number of hydrogen-bond donors (Lipinski definition) is 1. The van der Waals surface area contributed by atoms with Crippen LogP contribution in [0.25, 0.3) is 11.1 Å². The monoisotopic (exact) mass is 423 g/mol. The molecular formula is C21H15ClFN5O2. The van der Waals surface area contributed by atoms with Crippen molar-refractivity contribution in [1.29, 1.82) is 5.26 Å². The molecule has 2 aromatic carbocycles. The Balaban J connectivity index is 1.75. The highest BCUT2D eigenvalue weighted by molar-refractivity contribution is 6.33. The minimum Gasteiger partial charge on any atom is -0.472 e. The molecule has 0 saturated carbocycles. The molecule has 0 fully saturated rings. The molecule has 2 heterocycles. The zero-order chi connectivity index (χ0) is 21.4. The molecule has 0 aliphatic carbocycles. The van der Waals surface area contributed by atoms with E-state index in [1.807, 2.05) is 6.07 Å². The van der Waals surface area contributed by atoms with Gasteiger partial charge in [0.25, 0.3) is 5.91 Å². The van der Waals surface area contributed by atoms with Crippen LogP contribution in [-0.4, -0.2) is 28.5 Å². The summed E-state index contributed by atoms with van der Waals surface area (Å²) in [6.45, 7) is 1.94. The highest BCUT2D eigenvalue weighted by Crippen LogP contribution is 2.34. The summed E-state index contributed by atoms with van der Waals surface area (Å²) in [5, 5.41) is 9.23. The van der Waals surface area contributed by atoms with Crippen LogP contribution in [0, 0.1) is 17.1 Å². The fourth-order valence-corrected chi connectivity index (χ4v) is 3.57. The summed E-state index contributed by atoms with van der Waals surface area (Å²) in [6, 6.07) is 11.0. The molecule has 0 saturated heterocycles. The lowest BCUT2D eigenvalue weighted by Gasteiger charge is -2.23. The maximum absolute atomic E-state index is 15.0. The van der Waals surface area contributed by atoms with Gasteiger partial charge in [0.1, 0.15) is 29.6 Å². The van der Waals surface area contributed by atoms with Crippen LogP contribution in [0.15, 0.2) is 42.7 Å². The molecule has 150 valence electrons. The third-order valence-electron chi connectivity index (χ3n) is 4.71. The summed E-state index contributed by atoms with van der Waals surface area (Å²) in [6.07, 6.45) is 0.819. The lowest BCUT2D eigenvalue weighted by molar-refractivity contribution is 0.0988. The molecule has 0 spiro atoms. The van der Waals surface area contributed by atoms with E-state index in [-0.39, 0.29) is 34.4 Å². The van der Waals surface area contributed by atoms with Crippen LogP contribution in [0.5, 0.6) is 5.88 Å². The number of nitriles is 1. The summed E-state index contributed by atoms with van der Waals surface area (Å²) < 4.78 is 20.7. The van der Waals surface area contributed by atoms with Crippen molar-refractivity contribution in [2.24, 2.45) is 0 Å². The molecule has 9 heteroatoms. The van der Waals surface area contributed by atoms with Crippen molar-refractivity contribution in [3.05, 3.63) is 64.7 Å². The van der Waals surface area contributed by atoms with E-state index in [0.29, 0.717) is 16.8 Å². The first-order valence-electron chi connectivity index (χ1n) is 8.97. The molecule has 4 rings (SSSR count). The number of ether oxygens (including phenoxy) is 1. The molecule has 2 N–H and O–H groups in total. The largest absolute Gasteiger partial charge is 0.472 e. The molecule has 1 amide bonds. The van der Waals surface area contributed by atoms with Gasteiger partial charge in [-0.1, -0.05) is 17.7 Å². The van der Waals surface area contributed by atoms with Crippen molar-refractivity contribution >= 4 is 29.0 Å². The molecule has 0 radical (unpaired) electrons. The van der Waals surface area contributed by atoms with Crippen LogP contribution in [0.4, 0.5) is 15.9 Å². The molecule has 3 aromatic rings. The first-order valence-corrected chi connectivity index (χ1v) is 9.35. The second kappa shape index (κ2) is 7.61. The van der Waals surface area contributed by atoms with Crippen LogP contribution in [0.1, 0.15) is 22.8 Å². The number of carbonyl (C=O) groups excluding carboxylic acids is 1. The van der Waals surface area contributed by atoms with Crippen LogP contribution >= 0.6 is 11.6 Å². The van der Waals surface area contributed by atoms with Gasteiger partial charge < -0.3 is 15.4 Å². The Bertz CT molecular complexity index is 1210. The number of fused-ring (bicyclic) bond motifs is 1. The van der Waals surface area contributed by atoms with E-state index in [4.69, 9.17) is 27.3 Å². The Labute approximate surface area is 176 Å². The summed E-state index contributed by atoms with van der Waals surface area (Å²) >= 11 is 6.21. The molecule has 1 atom stereocenters. The number of nitrogens with zero attached hydrogens (tertiary/aromatic N) is 4. The van der Waals surface area contributed by atoms with Crippen molar-refractivity contribution < 1.29 is 13.9 Å². The van der Waals surface area contributed by atoms with E-state index in [0.717, 1.165) is 0 Å². The average molecular weight is 424 g/mol. The first-order chi connectivity index (χ1) is 14.4. The number of nitrogens with two attached hydrogens (primary N) is 1. The van der Waals surface area contributed by atoms with Crippen LogP contribution in [0.3, 0.4) is 0 Å². The number of benzene rings is 2. The van der Waals surface area contributed by atoms with Gasteiger partial charge >= 0.3 is 0 Å². The predicted octanol–water partition coefficient (Wildman–Crippen LogP) is 3.82. The molecular weight excluding hydrogens is 409 g/mol. The Morgan fingerprint density at radius 3 is 2.73 bits per heavy atom. The second-order valence-corrected chi connectivity index (χ2v) is 7.16. The van der Waals surface area contributed by atoms with Gasteiger partial charge in [0, 0.05) is 21.8 Å². The van der Waals surface area contributed by atoms with E-state index in [2.05, 4.69) is 9.97 Å². The first kappa shape index (κ1) is 19.6. The van der Waals surface area contributed by atoms with Gasteiger partial charge in [0.2, 0.25) is 5.88 Å². The highest BCUT2D eigenvalue weighted by atomic mass is 35.5. The summed E-state index contributed by atoms with van der Waals surface area (Å²) in [5.41, 5.74) is 7.32. The van der Waals surface area contributed by atoms with Gasteiger partial charge in [-0.25, -0.2) is 14.4 Å². The van der Waals surface area contributed by atoms with E-state index in [9.17, 15) is 4.79 Å². The van der Waals surface area contributed by atoms with Crippen LogP contribution < -0.4 is 15.4 Å². The third-order valence-corrected chi connectivity index (χ3v) is 5.02. The highest BCUT2D eigenvalue weighted by Gasteiger charge is 2.32. The quantitative estimate of drug-likeness (QED) is 0.671. The number of aromatic nitrogens is 2. The Hall–Kier alpha value is -3.70. The lowest BCUT2D eigenvalue weighted by atomic mass is 10.0. The molecule has 1 aromatic heterocycles. The molecule has 7 nitrogen and oxygen atoms in total. The number of halogens is 2. The molecule has 0 bridgehead atoms. The van der Waals surface area contributed by atoms with Crippen molar-refractivity contribution in [3.8, 4) is 23.1 Å². The fourth-order valence-electron chi connectivity index (χ4n) is 3.29. The Kier molecular flexibility index (Phi) is 4.98. The van der Waals surface area contributed by atoms with Crippen LogP contribution in [0.2, 0.25) is 5.02 Å². The predicted molar refractivity (Wildman–Crippen MR) is 110 cm³/mol. The smallest absolute Gasteiger partial charge is 0.267 e. The standard InChI is InChI=1S/C21H15ClFN5O2/c1-11-9-28(21(29)18-19(25)26-10-27-20(18)30-11)13-3-5-15(17(23)7-13)14-4-2-12(8-24)6-16(14)22/h2-7,10-11H,9H2,1H3,(H2,25,26,27). The molecule has 1 aliphatic rings. The SMILES string of the molecule is CC1CN(c2ccc(-c3ccc(C#N)cc3Cl)c(F)c2)C(=O)c2c(N)ncnc2O1. The van der Waals surface area contributed by atoms with Gasteiger partial charge in [-0.05, 0) is 37.3 Å². The minimum atomic E-state index is -0.567. The Morgan fingerprint density at radius 2 is 2.03 bits per heavy atom. The van der Waals surface area contributed by atoms with E-state index < -0.39 is 17.8 Å². The van der Waals surface area contributed by atoms with Crippen molar-refractivity contribution in [1.82, 2.24) is 9.97 Å². The van der Waals surface area contributed by atoms with Gasteiger partial charge in [0.15, 0.2) is 0 Å². The number of carbonyl (C=O) groups is 1. The van der Waals surface area contributed by atoms with E-state index in [1.165, 1.54) is 29.4 Å². The average Bonchev–Trinajstić information content (AvgIpc) is 2.84. The normalized spacial score (nSPS) is 15.7. The third kappa shape index (κ3) is 3.40.